The molecule has 1 fully saturated rings. The van der Waals surface area contributed by atoms with Crippen LogP contribution in [0.1, 0.15) is 12.8 Å². The van der Waals surface area contributed by atoms with E-state index < -0.39 is 0 Å². The minimum Gasteiger partial charge on any atom is -0.471 e. The van der Waals surface area contributed by atoms with E-state index >= 15 is 0 Å². The standard InChI is InChI=1S/C8H10ClN3O.ClH/c9-7-8(12-4-3-11-7)13-6-2-1-5(6)10;/h3-6H,1-2,10H2;1H. The molecule has 2 unspecified atom stereocenters. The smallest absolute Gasteiger partial charge is 0.252 e. The SMILES string of the molecule is Cl.NC1CCC1Oc1nccnc1Cl. The Morgan fingerprint density at radius 2 is 2.07 bits per heavy atom. The van der Waals surface area contributed by atoms with Gasteiger partial charge in [-0.1, -0.05) is 11.6 Å². The van der Waals surface area contributed by atoms with E-state index in [1.54, 1.807) is 6.20 Å². The summed E-state index contributed by atoms with van der Waals surface area (Å²) in [5.74, 6) is 0.379. The van der Waals surface area contributed by atoms with Crippen LogP contribution in [0.2, 0.25) is 5.15 Å². The van der Waals surface area contributed by atoms with Gasteiger partial charge in [0.25, 0.3) is 5.88 Å². The van der Waals surface area contributed by atoms with Crippen LogP contribution in [0.3, 0.4) is 0 Å². The zero-order valence-electron chi connectivity index (χ0n) is 7.39. The van der Waals surface area contributed by atoms with Crippen LogP contribution in [0.4, 0.5) is 0 Å². The van der Waals surface area contributed by atoms with Gasteiger partial charge >= 0.3 is 0 Å². The first kappa shape index (κ1) is 11.5. The second-order valence-electron chi connectivity index (χ2n) is 3.05. The van der Waals surface area contributed by atoms with E-state index in [2.05, 4.69) is 9.97 Å². The van der Waals surface area contributed by atoms with Crippen LogP contribution >= 0.6 is 24.0 Å². The molecule has 0 saturated heterocycles. The average Bonchev–Trinajstić information content (AvgIpc) is 2.14. The molecule has 0 radical (unpaired) electrons. The van der Waals surface area contributed by atoms with Crippen molar-refractivity contribution < 1.29 is 4.74 Å². The molecular weight excluding hydrogens is 225 g/mol. The average molecular weight is 236 g/mol. The number of hydrogen-bond acceptors (Lipinski definition) is 4. The van der Waals surface area contributed by atoms with Crippen LogP contribution in [0.15, 0.2) is 12.4 Å². The van der Waals surface area contributed by atoms with Gasteiger partial charge in [-0.3, -0.25) is 0 Å². The van der Waals surface area contributed by atoms with Crippen molar-refractivity contribution in [1.29, 1.82) is 0 Å². The third-order valence-electron chi connectivity index (χ3n) is 2.15. The van der Waals surface area contributed by atoms with Crippen molar-refractivity contribution in [2.45, 2.75) is 25.0 Å². The molecule has 6 heteroatoms. The highest BCUT2D eigenvalue weighted by Gasteiger charge is 2.30. The number of ether oxygens (including phenoxy) is 1. The first-order valence-corrected chi connectivity index (χ1v) is 4.54. The van der Waals surface area contributed by atoms with Crippen molar-refractivity contribution in [3.63, 3.8) is 0 Å². The molecule has 4 nitrogen and oxygen atoms in total. The second kappa shape index (κ2) is 4.77. The van der Waals surface area contributed by atoms with Crippen molar-refractivity contribution in [1.82, 2.24) is 9.97 Å². The topological polar surface area (TPSA) is 61.0 Å². The van der Waals surface area contributed by atoms with Gasteiger partial charge in [-0.05, 0) is 12.8 Å². The van der Waals surface area contributed by atoms with E-state index in [4.69, 9.17) is 22.1 Å². The summed E-state index contributed by atoms with van der Waals surface area (Å²) in [4.78, 5) is 7.82. The fraction of sp³-hybridized carbons (Fsp3) is 0.500. The molecule has 1 heterocycles. The monoisotopic (exact) mass is 235 g/mol. The Morgan fingerprint density at radius 1 is 1.36 bits per heavy atom. The highest BCUT2D eigenvalue weighted by Crippen LogP contribution is 2.26. The molecule has 0 bridgehead atoms. The molecule has 0 amide bonds. The van der Waals surface area contributed by atoms with Crippen molar-refractivity contribution in [2.75, 3.05) is 0 Å². The zero-order chi connectivity index (χ0) is 9.26. The number of nitrogens with two attached hydrogens (primary N) is 1. The summed E-state index contributed by atoms with van der Waals surface area (Å²) >= 11 is 5.76. The van der Waals surface area contributed by atoms with Crippen molar-refractivity contribution in [3.8, 4) is 5.88 Å². The molecule has 2 N–H and O–H groups in total. The van der Waals surface area contributed by atoms with Crippen LogP contribution in [0.5, 0.6) is 5.88 Å². The minimum atomic E-state index is 0. The van der Waals surface area contributed by atoms with Crippen molar-refractivity contribution in [2.24, 2.45) is 5.73 Å². The minimum absolute atomic E-state index is 0. The molecule has 0 aliphatic heterocycles. The van der Waals surface area contributed by atoms with Crippen LogP contribution in [0.25, 0.3) is 0 Å². The fourth-order valence-electron chi connectivity index (χ4n) is 1.17. The molecular formula is C8H11Cl2N3O. The first-order chi connectivity index (χ1) is 6.27. The lowest BCUT2D eigenvalue weighted by molar-refractivity contribution is 0.0880. The Kier molecular flexibility index (Phi) is 3.92. The summed E-state index contributed by atoms with van der Waals surface area (Å²) in [7, 11) is 0. The normalized spacial score (nSPS) is 24.7. The lowest BCUT2D eigenvalue weighted by atomic mass is 9.90. The predicted octanol–water partition coefficient (Wildman–Crippen LogP) is 1.42. The maximum absolute atomic E-state index is 5.76. The number of halogens is 2. The summed E-state index contributed by atoms with van der Waals surface area (Å²) < 4.78 is 5.46. The number of hydrogen-bond donors (Lipinski definition) is 1. The van der Waals surface area contributed by atoms with E-state index in [0.717, 1.165) is 12.8 Å². The lowest BCUT2D eigenvalue weighted by Crippen LogP contribution is -2.47. The van der Waals surface area contributed by atoms with Gasteiger partial charge in [0.1, 0.15) is 6.10 Å². The van der Waals surface area contributed by atoms with Gasteiger partial charge in [0.2, 0.25) is 0 Å². The summed E-state index contributed by atoms with van der Waals surface area (Å²) in [5, 5.41) is 0.293. The maximum atomic E-state index is 5.76. The lowest BCUT2D eigenvalue weighted by Gasteiger charge is -2.33. The van der Waals surface area contributed by atoms with Gasteiger partial charge < -0.3 is 10.5 Å². The molecule has 1 saturated carbocycles. The molecule has 14 heavy (non-hydrogen) atoms. The first-order valence-electron chi connectivity index (χ1n) is 4.16. The second-order valence-corrected chi connectivity index (χ2v) is 3.41. The third-order valence-corrected chi connectivity index (χ3v) is 2.41. The van der Waals surface area contributed by atoms with Crippen LogP contribution in [-0.2, 0) is 0 Å². The molecule has 1 aliphatic rings. The van der Waals surface area contributed by atoms with Crippen LogP contribution in [0, 0.1) is 0 Å². The van der Waals surface area contributed by atoms with E-state index in [-0.39, 0.29) is 24.6 Å². The molecule has 1 aliphatic carbocycles. The Hall–Kier alpha value is -0.580. The summed E-state index contributed by atoms with van der Waals surface area (Å²) in [5.41, 5.74) is 5.70. The van der Waals surface area contributed by atoms with Crippen molar-refractivity contribution in [3.05, 3.63) is 17.5 Å². The highest BCUT2D eigenvalue weighted by molar-refractivity contribution is 6.30. The number of nitrogens with zero attached hydrogens (tertiary/aromatic N) is 2. The molecule has 2 atom stereocenters. The van der Waals surface area contributed by atoms with E-state index in [9.17, 15) is 0 Å². The Bertz CT molecular complexity index is 310. The Labute approximate surface area is 93.2 Å². The van der Waals surface area contributed by atoms with Crippen LogP contribution in [-0.4, -0.2) is 22.1 Å². The number of aromatic nitrogens is 2. The van der Waals surface area contributed by atoms with Crippen molar-refractivity contribution >= 4 is 24.0 Å². The number of rotatable bonds is 2. The molecule has 1 aromatic rings. The highest BCUT2D eigenvalue weighted by atomic mass is 35.5. The Morgan fingerprint density at radius 3 is 2.57 bits per heavy atom. The fourth-order valence-corrected chi connectivity index (χ4v) is 1.32. The quantitative estimate of drug-likeness (QED) is 0.843. The molecule has 0 aromatic carbocycles. The molecule has 0 spiro atoms. The van der Waals surface area contributed by atoms with Gasteiger partial charge in [-0.2, -0.15) is 0 Å². The largest absolute Gasteiger partial charge is 0.471 e. The Balaban J connectivity index is 0.000000980. The summed E-state index contributed by atoms with van der Waals surface area (Å²) in [6, 6.07) is 0.109. The van der Waals surface area contributed by atoms with Gasteiger partial charge in [0, 0.05) is 18.4 Å². The van der Waals surface area contributed by atoms with Gasteiger partial charge in [-0.25, -0.2) is 9.97 Å². The van der Waals surface area contributed by atoms with Gasteiger partial charge in [0.05, 0.1) is 0 Å². The molecule has 78 valence electrons. The zero-order valence-corrected chi connectivity index (χ0v) is 8.96. The van der Waals surface area contributed by atoms with Gasteiger partial charge in [0.15, 0.2) is 5.15 Å². The maximum Gasteiger partial charge on any atom is 0.252 e. The summed E-state index contributed by atoms with van der Waals surface area (Å²) in [6.45, 7) is 0. The molecule has 1 aromatic heterocycles. The van der Waals surface area contributed by atoms with E-state index in [1.165, 1.54) is 6.20 Å². The molecule has 2 rings (SSSR count). The van der Waals surface area contributed by atoms with Crippen LogP contribution < -0.4 is 10.5 Å². The van der Waals surface area contributed by atoms with E-state index in [1.807, 2.05) is 0 Å². The third kappa shape index (κ3) is 2.26. The van der Waals surface area contributed by atoms with Gasteiger partial charge in [-0.15, -0.1) is 12.4 Å². The van der Waals surface area contributed by atoms with E-state index in [0.29, 0.717) is 11.0 Å². The predicted molar refractivity (Wildman–Crippen MR) is 55.9 cm³/mol. The summed E-state index contributed by atoms with van der Waals surface area (Å²) in [6.07, 6.45) is 5.09.